The molecule has 1 N–H and O–H groups in total. The summed E-state index contributed by atoms with van der Waals surface area (Å²) in [5, 5.41) is 3.28. The molecule has 1 fully saturated rings. The molecular weight excluding hydrogens is 212 g/mol. The van der Waals surface area contributed by atoms with Crippen molar-refractivity contribution in [2.75, 3.05) is 13.1 Å². The second-order valence-electron chi connectivity index (χ2n) is 5.27. The third kappa shape index (κ3) is 3.33. The highest BCUT2D eigenvalue weighted by Gasteiger charge is 2.26. The zero-order valence-corrected chi connectivity index (χ0v) is 11.2. The maximum Gasteiger partial charge on any atom is 0.118 e. The molecule has 3 heteroatoms. The van der Waals surface area contributed by atoms with Gasteiger partial charge in [-0.25, -0.2) is 0 Å². The average molecular weight is 236 g/mol. The van der Waals surface area contributed by atoms with Crippen LogP contribution in [0.3, 0.4) is 0 Å². The molecule has 1 aliphatic rings. The van der Waals surface area contributed by atoms with E-state index in [-0.39, 0.29) is 0 Å². The van der Waals surface area contributed by atoms with Gasteiger partial charge in [-0.2, -0.15) is 0 Å². The molecule has 1 saturated heterocycles. The summed E-state index contributed by atoms with van der Waals surface area (Å²) in [4.78, 5) is 2.51. The molecule has 17 heavy (non-hydrogen) atoms. The van der Waals surface area contributed by atoms with Crippen molar-refractivity contribution in [1.82, 2.24) is 10.2 Å². The minimum atomic E-state index is 0.687. The first kappa shape index (κ1) is 12.7. The molecule has 0 aromatic carbocycles. The summed E-state index contributed by atoms with van der Waals surface area (Å²) in [6.07, 6.45) is 1.31. The summed E-state index contributed by atoms with van der Waals surface area (Å²) in [6, 6.07) is 4.89. The van der Waals surface area contributed by atoms with Gasteiger partial charge in [-0.15, -0.1) is 0 Å². The van der Waals surface area contributed by atoms with Crippen molar-refractivity contribution in [3.63, 3.8) is 0 Å². The van der Waals surface area contributed by atoms with Gasteiger partial charge in [-0.05, 0) is 37.9 Å². The highest BCUT2D eigenvalue weighted by atomic mass is 16.3. The van der Waals surface area contributed by atoms with Crippen molar-refractivity contribution in [3.05, 3.63) is 23.7 Å². The molecule has 3 nitrogen and oxygen atoms in total. The van der Waals surface area contributed by atoms with E-state index in [1.54, 1.807) is 0 Å². The lowest BCUT2D eigenvalue weighted by molar-refractivity contribution is 0.232. The molecule has 2 rings (SSSR count). The molecule has 0 bridgehead atoms. The normalized spacial score (nSPS) is 25.6. The largest absolute Gasteiger partial charge is 0.463 e. The van der Waals surface area contributed by atoms with Crippen molar-refractivity contribution in [1.29, 1.82) is 0 Å². The maximum absolute atomic E-state index is 5.83. The lowest BCUT2D eigenvalue weighted by atomic mass is 10.1. The van der Waals surface area contributed by atoms with E-state index in [0.717, 1.165) is 37.1 Å². The Kier molecular flexibility index (Phi) is 4.24. The van der Waals surface area contributed by atoms with Gasteiger partial charge in [0, 0.05) is 12.6 Å². The zero-order chi connectivity index (χ0) is 12.3. The molecule has 2 unspecified atom stereocenters. The van der Waals surface area contributed by atoms with Gasteiger partial charge in [0.15, 0.2) is 0 Å². The quantitative estimate of drug-likeness (QED) is 0.852. The Morgan fingerprint density at radius 3 is 2.76 bits per heavy atom. The van der Waals surface area contributed by atoms with Gasteiger partial charge >= 0.3 is 0 Å². The highest BCUT2D eigenvalue weighted by Crippen LogP contribution is 2.24. The van der Waals surface area contributed by atoms with Crippen LogP contribution in [0.25, 0.3) is 0 Å². The summed E-state index contributed by atoms with van der Waals surface area (Å²) in [5.74, 6) is 2.96. The van der Waals surface area contributed by atoms with Gasteiger partial charge in [0.2, 0.25) is 0 Å². The van der Waals surface area contributed by atoms with Crippen LogP contribution in [0.4, 0.5) is 0 Å². The second kappa shape index (κ2) is 5.69. The fourth-order valence-electron chi connectivity index (χ4n) is 2.66. The molecule has 0 spiro atoms. The first-order valence-corrected chi connectivity index (χ1v) is 6.71. The summed E-state index contributed by atoms with van der Waals surface area (Å²) in [5.41, 5.74) is 0. The number of hydrogen-bond donors (Lipinski definition) is 1. The smallest absolute Gasteiger partial charge is 0.118 e. The van der Waals surface area contributed by atoms with Gasteiger partial charge in [-0.1, -0.05) is 13.8 Å². The monoisotopic (exact) mass is 236 g/mol. The van der Waals surface area contributed by atoms with Gasteiger partial charge < -0.3 is 9.73 Å². The van der Waals surface area contributed by atoms with Gasteiger partial charge in [-0.3, -0.25) is 4.90 Å². The maximum atomic E-state index is 5.83. The Balaban J connectivity index is 1.88. The van der Waals surface area contributed by atoms with Crippen molar-refractivity contribution in [3.8, 4) is 0 Å². The predicted molar refractivity (Wildman–Crippen MR) is 69.7 cm³/mol. The summed E-state index contributed by atoms with van der Waals surface area (Å²) in [6.45, 7) is 10.7. The topological polar surface area (TPSA) is 28.4 Å². The van der Waals surface area contributed by atoms with Gasteiger partial charge in [0.05, 0.1) is 13.1 Å². The third-order valence-corrected chi connectivity index (χ3v) is 3.54. The van der Waals surface area contributed by atoms with E-state index >= 15 is 0 Å². The van der Waals surface area contributed by atoms with E-state index in [4.69, 9.17) is 4.42 Å². The number of nitrogens with one attached hydrogen (secondary N) is 1. The highest BCUT2D eigenvalue weighted by molar-refractivity contribution is 5.07. The molecule has 0 saturated carbocycles. The van der Waals surface area contributed by atoms with Crippen LogP contribution in [0.5, 0.6) is 0 Å². The predicted octanol–water partition coefficient (Wildman–Crippen LogP) is 2.62. The Hall–Kier alpha value is -0.800. The molecule has 96 valence electrons. The lowest BCUT2D eigenvalue weighted by Crippen LogP contribution is -2.26. The van der Waals surface area contributed by atoms with Crippen LogP contribution < -0.4 is 5.32 Å². The van der Waals surface area contributed by atoms with E-state index in [9.17, 15) is 0 Å². The first-order valence-electron chi connectivity index (χ1n) is 6.71. The number of hydrogen-bond acceptors (Lipinski definition) is 3. The Bertz CT molecular complexity index is 348. The average Bonchev–Trinajstić information content (AvgIpc) is 2.84. The lowest BCUT2D eigenvalue weighted by Gasteiger charge is -2.19. The van der Waals surface area contributed by atoms with Gasteiger partial charge in [0.25, 0.3) is 0 Å². The van der Waals surface area contributed by atoms with E-state index in [1.807, 2.05) is 0 Å². The second-order valence-corrected chi connectivity index (χ2v) is 5.27. The standard InChI is InChI=1S/C14H24N2O/c1-4-15-8-13-5-6-14(17-13)10-16-9-11(2)7-12(16)3/h5-6,11-12,15H,4,7-10H2,1-3H3. The van der Waals surface area contributed by atoms with Crippen molar-refractivity contribution < 1.29 is 4.42 Å². The molecule has 0 radical (unpaired) electrons. The van der Waals surface area contributed by atoms with Crippen LogP contribution in [0.2, 0.25) is 0 Å². The molecule has 0 aliphatic carbocycles. The molecule has 2 heterocycles. The van der Waals surface area contributed by atoms with E-state index in [0.29, 0.717) is 6.04 Å². The summed E-state index contributed by atoms with van der Waals surface area (Å²) < 4.78 is 5.83. The van der Waals surface area contributed by atoms with Crippen LogP contribution in [0, 0.1) is 5.92 Å². The third-order valence-electron chi connectivity index (χ3n) is 3.54. The van der Waals surface area contributed by atoms with E-state index < -0.39 is 0 Å². The fourth-order valence-corrected chi connectivity index (χ4v) is 2.66. The van der Waals surface area contributed by atoms with E-state index in [1.165, 1.54) is 13.0 Å². The minimum absolute atomic E-state index is 0.687. The SMILES string of the molecule is CCNCc1ccc(CN2CC(C)CC2C)o1. The first-order chi connectivity index (χ1) is 8.19. The Morgan fingerprint density at radius 1 is 1.35 bits per heavy atom. The van der Waals surface area contributed by atoms with Crippen LogP contribution >= 0.6 is 0 Å². The van der Waals surface area contributed by atoms with Crippen molar-refractivity contribution in [2.24, 2.45) is 5.92 Å². The van der Waals surface area contributed by atoms with Crippen molar-refractivity contribution >= 4 is 0 Å². The number of nitrogens with zero attached hydrogens (tertiary/aromatic N) is 1. The van der Waals surface area contributed by atoms with Gasteiger partial charge in [0.1, 0.15) is 11.5 Å². The van der Waals surface area contributed by atoms with Crippen LogP contribution in [0.15, 0.2) is 16.5 Å². The minimum Gasteiger partial charge on any atom is -0.463 e. The number of rotatable bonds is 5. The molecule has 1 aromatic rings. The summed E-state index contributed by atoms with van der Waals surface area (Å²) in [7, 11) is 0. The molecular formula is C14H24N2O. The molecule has 0 amide bonds. The molecule has 1 aliphatic heterocycles. The number of furan rings is 1. The fraction of sp³-hybridized carbons (Fsp3) is 0.714. The van der Waals surface area contributed by atoms with Crippen LogP contribution in [-0.4, -0.2) is 24.0 Å². The van der Waals surface area contributed by atoms with Crippen LogP contribution in [0.1, 0.15) is 38.7 Å². The molecule has 1 aromatic heterocycles. The van der Waals surface area contributed by atoms with Crippen molar-refractivity contribution in [2.45, 2.75) is 46.3 Å². The zero-order valence-electron chi connectivity index (χ0n) is 11.2. The van der Waals surface area contributed by atoms with E-state index in [2.05, 4.69) is 43.1 Å². The molecule has 2 atom stereocenters. The Morgan fingerprint density at radius 2 is 2.12 bits per heavy atom. The summed E-state index contributed by atoms with van der Waals surface area (Å²) >= 11 is 0. The van der Waals surface area contributed by atoms with Crippen LogP contribution in [-0.2, 0) is 13.1 Å². The Labute approximate surface area is 104 Å². The number of likely N-dealkylation sites (tertiary alicyclic amines) is 1.